The van der Waals surface area contributed by atoms with Gasteiger partial charge in [-0.2, -0.15) is 0 Å². The van der Waals surface area contributed by atoms with Crippen LogP contribution < -0.4 is 10.1 Å². The third-order valence-corrected chi connectivity index (χ3v) is 5.35. The van der Waals surface area contributed by atoms with Crippen LogP contribution in [-0.2, 0) is 0 Å². The molecule has 4 aromatic carbocycles. The standard InChI is InChI=1S/C16H19NO2.C12H10O2/c1-12-4-5-13-9-15(11-18)16(10-14(13)8-12)19-7-3-6-17-2;1-8-2-3-9-5-11(7-13)12(14)6-10(9)4-8/h4-5,8-11,17H,3,6-7H2,1-2H3;2-7,14H,1H3. The fourth-order valence-electron chi connectivity index (χ4n) is 3.58. The van der Waals surface area contributed by atoms with E-state index >= 15 is 0 Å². The van der Waals surface area contributed by atoms with Gasteiger partial charge in [-0.05, 0) is 79.7 Å². The molecule has 0 amide bonds. The number of aryl methyl sites for hydroxylation is 2. The predicted octanol–water partition coefficient (Wildman–Crippen LogP) is 5.62. The fourth-order valence-corrected chi connectivity index (χ4v) is 3.58. The SMILES string of the molecule is CNCCCOc1cc2cc(C)ccc2cc1C=O.Cc1ccc2cc(C=O)c(O)cc2c1. The number of carbonyl (C=O) groups excluding carboxylic acids is 2. The van der Waals surface area contributed by atoms with E-state index in [0.717, 1.165) is 46.4 Å². The van der Waals surface area contributed by atoms with Crippen LogP contribution >= 0.6 is 0 Å². The van der Waals surface area contributed by atoms with E-state index in [2.05, 4.69) is 18.3 Å². The molecule has 5 heteroatoms. The number of carbonyl (C=O) groups is 2. The molecule has 0 unspecified atom stereocenters. The topological polar surface area (TPSA) is 75.6 Å². The number of phenols is 1. The van der Waals surface area contributed by atoms with Crippen LogP contribution in [0, 0.1) is 13.8 Å². The lowest BCUT2D eigenvalue weighted by Crippen LogP contribution is -2.12. The van der Waals surface area contributed by atoms with Crippen molar-refractivity contribution in [3.63, 3.8) is 0 Å². The lowest BCUT2D eigenvalue weighted by molar-refractivity contribution is 0.111. The Kier molecular flexibility index (Phi) is 8.17. The summed E-state index contributed by atoms with van der Waals surface area (Å²) in [5.74, 6) is 0.710. The lowest BCUT2D eigenvalue weighted by Gasteiger charge is -2.10. The van der Waals surface area contributed by atoms with Crippen molar-refractivity contribution in [3.8, 4) is 11.5 Å². The summed E-state index contributed by atoms with van der Waals surface area (Å²) in [4.78, 5) is 21.7. The number of phenolic OH excluding ortho intramolecular Hbond substituents is 1. The quantitative estimate of drug-likeness (QED) is 0.287. The number of benzene rings is 4. The van der Waals surface area contributed by atoms with Gasteiger partial charge in [0.25, 0.3) is 0 Å². The summed E-state index contributed by atoms with van der Waals surface area (Å²) < 4.78 is 5.71. The minimum Gasteiger partial charge on any atom is -0.507 e. The average molecular weight is 444 g/mol. The summed E-state index contributed by atoms with van der Waals surface area (Å²) in [6.45, 7) is 5.56. The van der Waals surface area contributed by atoms with Crippen LogP contribution in [0.25, 0.3) is 21.5 Å². The van der Waals surface area contributed by atoms with E-state index < -0.39 is 0 Å². The molecule has 0 spiro atoms. The highest BCUT2D eigenvalue weighted by Crippen LogP contribution is 2.26. The van der Waals surface area contributed by atoms with E-state index in [9.17, 15) is 14.7 Å². The molecule has 170 valence electrons. The van der Waals surface area contributed by atoms with Crippen LogP contribution in [0.3, 0.4) is 0 Å². The average Bonchev–Trinajstić information content (AvgIpc) is 2.81. The van der Waals surface area contributed by atoms with Crippen LogP contribution in [0.15, 0.2) is 60.7 Å². The van der Waals surface area contributed by atoms with Crippen LogP contribution in [0.5, 0.6) is 11.5 Å². The van der Waals surface area contributed by atoms with Gasteiger partial charge in [-0.25, -0.2) is 0 Å². The fraction of sp³-hybridized carbons (Fsp3) is 0.214. The molecule has 0 fully saturated rings. The molecule has 5 nitrogen and oxygen atoms in total. The number of aromatic hydroxyl groups is 1. The Bertz CT molecular complexity index is 1280. The highest BCUT2D eigenvalue weighted by atomic mass is 16.5. The molecule has 33 heavy (non-hydrogen) atoms. The number of hydrogen-bond donors (Lipinski definition) is 2. The van der Waals surface area contributed by atoms with Crippen molar-refractivity contribution in [2.45, 2.75) is 20.3 Å². The first-order chi connectivity index (χ1) is 15.9. The molecule has 0 atom stereocenters. The zero-order valence-corrected chi connectivity index (χ0v) is 19.2. The summed E-state index contributed by atoms with van der Waals surface area (Å²) in [6.07, 6.45) is 2.43. The van der Waals surface area contributed by atoms with Gasteiger partial charge in [0.2, 0.25) is 0 Å². The Balaban J connectivity index is 0.000000194. The second-order valence-electron chi connectivity index (χ2n) is 8.04. The predicted molar refractivity (Wildman–Crippen MR) is 134 cm³/mol. The van der Waals surface area contributed by atoms with Gasteiger partial charge in [0, 0.05) is 0 Å². The maximum Gasteiger partial charge on any atom is 0.153 e. The van der Waals surface area contributed by atoms with Crippen molar-refractivity contribution < 1.29 is 19.4 Å². The van der Waals surface area contributed by atoms with E-state index in [0.29, 0.717) is 29.8 Å². The Morgan fingerprint density at radius 1 is 0.788 bits per heavy atom. The van der Waals surface area contributed by atoms with Crippen LogP contribution in [0.1, 0.15) is 38.3 Å². The molecular weight excluding hydrogens is 414 g/mol. The number of fused-ring (bicyclic) bond motifs is 2. The van der Waals surface area contributed by atoms with Gasteiger partial charge in [0.1, 0.15) is 11.5 Å². The first-order valence-corrected chi connectivity index (χ1v) is 10.9. The molecular formula is C28H29NO4. The van der Waals surface area contributed by atoms with E-state index in [1.807, 2.05) is 56.4 Å². The molecule has 4 aromatic rings. The minimum absolute atomic E-state index is 0.0399. The summed E-state index contributed by atoms with van der Waals surface area (Å²) in [6, 6.07) is 19.2. The number of hydrogen-bond acceptors (Lipinski definition) is 5. The molecule has 0 heterocycles. The van der Waals surface area contributed by atoms with Gasteiger partial charge in [-0.3, -0.25) is 9.59 Å². The highest BCUT2D eigenvalue weighted by Gasteiger charge is 2.06. The number of rotatable bonds is 7. The molecule has 0 aliphatic heterocycles. The van der Waals surface area contributed by atoms with Crippen LogP contribution in [-0.4, -0.2) is 37.9 Å². The molecule has 0 saturated heterocycles. The van der Waals surface area contributed by atoms with Crippen molar-refractivity contribution in [3.05, 3.63) is 82.9 Å². The highest BCUT2D eigenvalue weighted by molar-refractivity contribution is 5.93. The van der Waals surface area contributed by atoms with Gasteiger partial charge in [-0.1, -0.05) is 47.5 Å². The van der Waals surface area contributed by atoms with Crippen molar-refractivity contribution >= 4 is 34.1 Å². The van der Waals surface area contributed by atoms with Gasteiger partial charge in [-0.15, -0.1) is 0 Å². The Morgan fingerprint density at radius 2 is 1.36 bits per heavy atom. The van der Waals surface area contributed by atoms with E-state index in [-0.39, 0.29) is 5.75 Å². The Morgan fingerprint density at radius 3 is 1.94 bits per heavy atom. The maximum absolute atomic E-state index is 11.1. The van der Waals surface area contributed by atoms with Gasteiger partial charge in [0.05, 0.1) is 17.7 Å². The van der Waals surface area contributed by atoms with Gasteiger partial charge >= 0.3 is 0 Å². The van der Waals surface area contributed by atoms with Crippen molar-refractivity contribution in [1.82, 2.24) is 5.32 Å². The Labute approximate surface area is 194 Å². The van der Waals surface area contributed by atoms with Crippen molar-refractivity contribution in [2.75, 3.05) is 20.2 Å². The van der Waals surface area contributed by atoms with E-state index in [1.165, 1.54) is 5.56 Å². The van der Waals surface area contributed by atoms with Gasteiger partial charge < -0.3 is 15.2 Å². The molecule has 0 aliphatic carbocycles. The van der Waals surface area contributed by atoms with Crippen molar-refractivity contribution in [1.29, 1.82) is 0 Å². The normalized spacial score (nSPS) is 10.5. The molecule has 4 rings (SSSR count). The summed E-state index contributed by atoms with van der Waals surface area (Å²) >= 11 is 0. The zero-order chi connectivity index (χ0) is 23.8. The molecule has 0 aliphatic rings. The third kappa shape index (κ3) is 6.18. The van der Waals surface area contributed by atoms with Gasteiger partial charge in [0.15, 0.2) is 12.6 Å². The van der Waals surface area contributed by atoms with Crippen LogP contribution in [0.2, 0.25) is 0 Å². The second-order valence-corrected chi connectivity index (χ2v) is 8.04. The summed E-state index contributed by atoms with van der Waals surface area (Å²) in [5, 5.41) is 16.6. The van der Waals surface area contributed by atoms with Crippen LogP contribution in [0.4, 0.5) is 0 Å². The molecule has 0 aromatic heterocycles. The zero-order valence-electron chi connectivity index (χ0n) is 19.2. The maximum atomic E-state index is 11.1. The van der Waals surface area contributed by atoms with Crippen molar-refractivity contribution in [2.24, 2.45) is 0 Å². The third-order valence-electron chi connectivity index (χ3n) is 5.35. The molecule has 0 saturated carbocycles. The summed E-state index contributed by atoms with van der Waals surface area (Å²) in [7, 11) is 1.91. The Hall–Kier alpha value is -3.70. The lowest BCUT2D eigenvalue weighted by atomic mass is 10.0. The molecule has 0 bridgehead atoms. The van der Waals surface area contributed by atoms with E-state index in [1.54, 1.807) is 12.1 Å². The number of aldehydes is 2. The molecule has 0 radical (unpaired) electrons. The largest absolute Gasteiger partial charge is 0.507 e. The minimum atomic E-state index is 0.0399. The monoisotopic (exact) mass is 443 g/mol. The second kappa shape index (κ2) is 11.2. The summed E-state index contributed by atoms with van der Waals surface area (Å²) in [5.41, 5.74) is 3.28. The number of ether oxygens (including phenoxy) is 1. The smallest absolute Gasteiger partial charge is 0.153 e. The first kappa shape index (κ1) is 24.0. The number of nitrogens with one attached hydrogen (secondary N) is 1. The molecule has 2 N–H and O–H groups in total. The van der Waals surface area contributed by atoms with E-state index in [4.69, 9.17) is 4.74 Å². The first-order valence-electron chi connectivity index (χ1n) is 10.9.